The molecule has 19 heavy (non-hydrogen) atoms. The fourth-order valence-corrected chi connectivity index (χ4v) is 2.31. The highest BCUT2D eigenvalue weighted by Crippen LogP contribution is 2.20. The van der Waals surface area contributed by atoms with Gasteiger partial charge in [-0.25, -0.2) is 4.89 Å². The molecule has 3 nitrogen and oxygen atoms in total. The molecule has 0 aliphatic rings. The van der Waals surface area contributed by atoms with Crippen molar-refractivity contribution in [1.82, 2.24) is 0 Å². The van der Waals surface area contributed by atoms with Crippen molar-refractivity contribution in [2.75, 3.05) is 0 Å². The molecule has 0 aliphatic carbocycles. The second-order valence-electron chi connectivity index (χ2n) is 5.19. The molecular weight excluding hydrogens is 240 g/mol. The fourth-order valence-electron chi connectivity index (χ4n) is 2.31. The molecule has 0 heterocycles. The molecular formula is C16H20O3. The van der Waals surface area contributed by atoms with Gasteiger partial charge < -0.3 is 5.11 Å². The lowest BCUT2D eigenvalue weighted by molar-refractivity contribution is -0.273. The van der Waals surface area contributed by atoms with Crippen molar-refractivity contribution in [2.45, 2.75) is 38.9 Å². The van der Waals surface area contributed by atoms with E-state index in [1.807, 2.05) is 19.1 Å². The number of hydrogen-bond donors (Lipinski definition) is 2. The van der Waals surface area contributed by atoms with Crippen LogP contribution in [0.4, 0.5) is 0 Å². The van der Waals surface area contributed by atoms with Gasteiger partial charge in [-0.1, -0.05) is 36.4 Å². The summed E-state index contributed by atoms with van der Waals surface area (Å²) in [5, 5.41) is 20.3. The van der Waals surface area contributed by atoms with E-state index in [-0.39, 0.29) is 12.2 Å². The molecule has 0 radical (unpaired) electrons. The van der Waals surface area contributed by atoms with E-state index in [4.69, 9.17) is 5.26 Å². The van der Waals surface area contributed by atoms with Crippen LogP contribution in [-0.2, 0) is 17.7 Å². The molecule has 102 valence electrons. The first-order valence-electron chi connectivity index (χ1n) is 6.58. The van der Waals surface area contributed by atoms with Crippen LogP contribution in [0.15, 0.2) is 36.4 Å². The average molecular weight is 260 g/mol. The van der Waals surface area contributed by atoms with Crippen LogP contribution in [0.5, 0.6) is 0 Å². The van der Waals surface area contributed by atoms with Crippen molar-refractivity contribution >= 4 is 10.8 Å². The summed E-state index contributed by atoms with van der Waals surface area (Å²) in [4.78, 5) is 4.30. The van der Waals surface area contributed by atoms with E-state index in [1.165, 1.54) is 5.39 Å². The largest absolute Gasteiger partial charge is 0.393 e. The number of aliphatic hydroxyl groups is 1. The Morgan fingerprint density at radius 2 is 1.47 bits per heavy atom. The van der Waals surface area contributed by atoms with Gasteiger partial charge in [0.25, 0.3) is 0 Å². The first-order valence-corrected chi connectivity index (χ1v) is 6.58. The number of aliphatic hydroxyl groups excluding tert-OH is 1. The van der Waals surface area contributed by atoms with Gasteiger partial charge in [-0.2, -0.15) is 0 Å². The van der Waals surface area contributed by atoms with Crippen LogP contribution in [0, 0.1) is 0 Å². The standard InChI is InChI=1S/C16H20O3/c1-11(17)7-13-3-5-16-10-14(8-12(2)19-18)4-6-15(16)9-13/h3-6,9-12,17-18H,7-8H2,1-2H3. The summed E-state index contributed by atoms with van der Waals surface area (Å²) >= 11 is 0. The number of hydrogen-bond acceptors (Lipinski definition) is 3. The zero-order valence-corrected chi connectivity index (χ0v) is 11.3. The van der Waals surface area contributed by atoms with Crippen LogP contribution in [0.2, 0.25) is 0 Å². The van der Waals surface area contributed by atoms with E-state index >= 15 is 0 Å². The van der Waals surface area contributed by atoms with E-state index in [9.17, 15) is 5.11 Å². The lowest BCUT2D eigenvalue weighted by Crippen LogP contribution is -2.08. The molecule has 0 aliphatic heterocycles. The normalized spacial score (nSPS) is 14.5. The Balaban J connectivity index is 2.24. The number of benzene rings is 2. The molecule has 0 spiro atoms. The number of fused-ring (bicyclic) bond motifs is 1. The second-order valence-corrected chi connectivity index (χ2v) is 5.19. The molecule has 3 heteroatoms. The smallest absolute Gasteiger partial charge is 0.0939 e. The van der Waals surface area contributed by atoms with Crippen molar-refractivity contribution in [2.24, 2.45) is 0 Å². The molecule has 0 saturated carbocycles. The summed E-state index contributed by atoms with van der Waals surface area (Å²) < 4.78 is 0. The van der Waals surface area contributed by atoms with Gasteiger partial charge in [0.1, 0.15) is 0 Å². The first kappa shape index (κ1) is 14.0. The Bertz CT molecular complexity index is 549. The first-order chi connectivity index (χ1) is 9.08. The van der Waals surface area contributed by atoms with Crippen molar-refractivity contribution in [3.05, 3.63) is 47.5 Å². The minimum Gasteiger partial charge on any atom is -0.393 e. The lowest BCUT2D eigenvalue weighted by Gasteiger charge is -2.10. The molecule has 0 amide bonds. The maximum absolute atomic E-state index is 9.41. The summed E-state index contributed by atoms with van der Waals surface area (Å²) in [5.74, 6) is 0. The zero-order chi connectivity index (χ0) is 13.8. The Labute approximate surface area is 113 Å². The van der Waals surface area contributed by atoms with Crippen LogP contribution in [0.25, 0.3) is 10.8 Å². The molecule has 2 unspecified atom stereocenters. The van der Waals surface area contributed by atoms with Crippen LogP contribution >= 0.6 is 0 Å². The molecule has 2 rings (SSSR count). The van der Waals surface area contributed by atoms with Crippen LogP contribution in [0.3, 0.4) is 0 Å². The van der Waals surface area contributed by atoms with Crippen molar-refractivity contribution in [3.63, 3.8) is 0 Å². The Hall–Kier alpha value is -1.42. The third-order valence-corrected chi connectivity index (χ3v) is 3.20. The maximum Gasteiger partial charge on any atom is 0.0939 e. The van der Waals surface area contributed by atoms with Gasteiger partial charge in [-0.05, 0) is 42.2 Å². The minimum absolute atomic E-state index is 0.202. The lowest BCUT2D eigenvalue weighted by atomic mass is 10.00. The minimum atomic E-state index is -0.320. The maximum atomic E-state index is 9.41. The highest BCUT2D eigenvalue weighted by molar-refractivity contribution is 5.83. The molecule has 2 aromatic rings. The van der Waals surface area contributed by atoms with Gasteiger partial charge in [0.2, 0.25) is 0 Å². The van der Waals surface area contributed by atoms with Gasteiger partial charge >= 0.3 is 0 Å². The summed E-state index contributed by atoms with van der Waals surface area (Å²) in [6.07, 6.45) is 0.834. The predicted molar refractivity (Wildman–Crippen MR) is 76.2 cm³/mol. The van der Waals surface area contributed by atoms with E-state index in [2.05, 4.69) is 29.2 Å². The summed E-state index contributed by atoms with van der Waals surface area (Å²) in [5.41, 5.74) is 2.28. The average Bonchev–Trinajstić information content (AvgIpc) is 2.38. The number of rotatable bonds is 5. The molecule has 0 bridgehead atoms. The van der Waals surface area contributed by atoms with Crippen LogP contribution in [0.1, 0.15) is 25.0 Å². The van der Waals surface area contributed by atoms with Gasteiger partial charge in [-0.3, -0.25) is 5.26 Å². The molecule has 2 N–H and O–H groups in total. The molecule has 2 atom stereocenters. The molecule has 0 saturated heterocycles. The predicted octanol–water partition coefficient (Wildman–Crippen LogP) is 3.18. The van der Waals surface area contributed by atoms with E-state index < -0.39 is 0 Å². The monoisotopic (exact) mass is 260 g/mol. The zero-order valence-electron chi connectivity index (χ0n) is 11.3. The highest BCUT2D eigenvalue weighted by Gasteiger charge is 2.05. The summed E-state index contributed by atoms with van der Waals surface area (Å²) in [7, 11) is 0. The van der Waals surface area contributed by atoms with Gasteiger partial charge in [-0.15, -0.1) is 0 Å². The molecule has 0 fully saturated rings. The van der Waals surface area contributed by atoms with Crippen LogP contribution < -0.4 is 0 Å². The Morgan fingerprint density at radius 1 is 0.947 bits per heavy atom. The van der Waals surface area contributed by atoms with Crippen molar-refractivity contribution in [3.8, 4) is 0 Å². The van der Waals surface area contributed by atoms with Crippen molar-refractivity contribution < 1.29 is 15.3 Å². The Morgan fingerprint density at radius 3 is 1.95 bits per heavy atom. The Kier molecular flexibility index (Phi) is 4.53. The molecule has 2 aromatic carbocycles. The van der Waals surface area contributed by atoms with Crippen molar-refractivity contribution in [1.29, 1.82) is 0 Å². The fraction of sp³-hybridized carbons (Fsp3) is 0.375. The molecule has 0 aromatic heterocycles. The third kappa shape index (κ3) is 3.77. The third-order valence-electron chi connectivity index (χ3n) is 3.20. The highest BCUT2D eigenvalue weighted by atomic mass is 17.1. The van der Waals surface area contributed by atoms with Crippen LogP contribution in [-0.4, -0.2) is 22.6 Å². The summed E-state index contributed by atoms with van der Waals surface area (Å²) in [6, 6.07) is 12.4. The van der Waals surface area contributed by atoms with Gasteiger partial charge in [0.15, 0.2) is 0 Å². The van der Waals surface area contributed by atoms with Gasteiger partial charge in [0, 0.05) is 6.42 Å². The quantitative estimate of drug-likeness (QED) is 0.641. The van der Waals surface area contributed by atoms with Gasteiger partial charge in [0.05, 0.1) is 12.2 Å². The summed E-state index contributed by atoms with van der Waals surface area (Å²) in [6.45, 7) is 3.62. The SMILES string of the molecule is CC(O)Cc1ccc2cc(CC(C)OO)ccc2c1. The van der Waals surface area contributed by atoms with E-state index in [1.54, 1.807) is 6.92 Å². The topological polar surface area (TPSA) is 49.7 Å². The van der Waals surface area contributed by atoms with E-state index in [0.29, 0.717) is 12.8 Å². The second kappa shape index (κ2) is 6.15. The van der Waals surface area contributed by atoms with E-state index in [0.717, 1.165) is 16.5 Å².